The van der Waals surface area contributed by atoms with Gasteiger partial charge in [-0.05, 0) is 31.8 Å². The van der Waals surface area contributed by atoms with Crippen LogP contribution in [-0.2, 0) is 0 Å². The number of hydrogen-bond donors (Lipinski definition) is 0. The lowest BCUT2D eigenvalue weighted by Crippen LogP contribution is -2.31. The Balaban J connectivity index is 0. The first-order chi connectivity index (χ1) is 8.79. The van der Waals surface area contributed by atoms with E-state index in [1.807, 2.05) is 27.7 Å². The lowest BCUT2D eigenvalue weighted by molar-refractivity contribution is 0.225. The smallest absolute Gasteiger partial charge is 0.0121 e. The Labute approximate surface area is 117 Å². The quantitative estimate of drug-likeness (QED) is 0.548. The maximum Gasteiger partial charge on any atom is 0.0121 e. The Morgan fingerprint density at radius 2 is 1.56 bits per heavy atom. The molecule has 0 bridgehead atoms. The van der Waals surface area contributed by atoms with E-state index in [1.54, 1.807) is 0 Å². The van der Waals surface area contributed by atoms with E-state index < -0.39 is 0 Å². The molecule has 1 aliphatic rings. The molecule has 0 aromatic heterocycles. The first-order valence-corrected chi connectivity index (χ1v) is 8.53. The van der Waals surface area contributed by atoms with Gasteiger partial charge in [0.2, 0.25) is 0 Å². The number of rotatable bonds is 6. The summed E-state index contributed by atoms with van der Waals surface area (Å²) in [5, 5.41) is 0. The van der Waals surface area contributed by atoms with Crippen molar-refractivity contribution in [1.29, 1.82) is 0 Å². The molecular formula is C17H39N. The highest BCUT2D eigenvalue weighted by molar-refractivity contribution is 4.83. The van der Waals surface area contributed by atoms with Crippen LogP contribution in [0.3, 0.4) is 0 Å². The van der Waals surface area contributed by atoms with E-state index in [4.69, 9.17) is 0 Å². The number of likely N-dealkylation sites (tertiary alicyclic amines) is 1. The fraction of sp³-hybridized carbons (Fsp3) is 1.00. The third kappa shape index (κ3) is 8.13. The van der Waals surface area contributed by atoms with Crippen molar-refractivity contribution in [3.05, 3.63) is 0 Å². The first-order valence-electron chi connectivity index (χ1n) is 8.53. The molecule has 2 unspecified atom stereocenters. The van der Waals surface area contributed by atoms with Gasteiger partial charge in [-0.3, -0.25) is 0 Å². The highest BCUT2D eigenvalue weighted by atomic mass is 15.2. The topological polar surface area (TPSA) is 3.24 Å². The Morgan fingerprint density at radius 3 is 2.06 bits per heavy atom. The van der Waals surface area contributed by atoms with Crippen molar-refractivity contribution in [3.8, 4) is 0 Å². The molecule has 2 atom stereocenters. The largest absolute Gasteiger partial charge is 0.300 e. The van der Waals surface area contributed by atoms with Crippen LogP contribution in [0, 0.1) is 5.92 Å². The van der Waals surface area contributed by atoms with Gasteiger partial charge < -0.3 is 4.90 Å². The Kier molecular flexibility index (Phi) is 16.9. The minimum atomic E-state index is 0.900. The maximum absolute atomic E-state index is 2.68. The van der Waals surface area contributed by atoms with Gasteiger partial charge in [0.25, 0.3) is 0 Å². The van der Waals surface area contributed by atoms with Crippen LogP contribution in [0.1, 0.15) is 87.0 Å². The van der Waals surface area contributed by atoms with Gasteiger partial charge in [0, 0.05) is 6.04 Å². The molecule has 0 aliphatic carbocycles. The van der Waals surface area contributed by atoms with Gasteiger partial charge in [0.1, 0.15) is 0 Å². The number of hydrogen-bond acceptors (Lipinski definition) is 1. The third-order valence-electron chi connectivity index (χ3n) is 3.76. The second kappa shape index (κ2) is 15.0. The van der Waals surface area contributed by atoms with Crippen LogP contribution in [0.15, 0.2) is 0 Å². The molecule has 18 heavy (non-hydrogen) atoms. The molecule has 1 rings (SSSR count). The molecule has 1 fully saturated rings. The van der Waals surface area contributed by atoms with Crippen LogP contribution >= 0.6 is 0 Å². The molecule has 1 saturated heterocycles. The van der Waals surface area contributed by atoms with E-state index >= 15 is 0 Å². The first kappa shape index (κ1) is 20.3. The monoisotopic (exact) mass is 257 g/mol. The molecule has 0 amide bonds. The van der Waals surface area contributed by atoms with Gasteiger partial charge in [0.05, 0.1) is 0 Å². The van der Waals surface area contributed by atoms with E-state index in [9.17, 15) is 0 Å². The summed E-state index contributed by atoms with van der Waals surface area (Å²) in [5.74, 6) is 0.941. The number of nitrogens with zero attached hydrogens (tertiary/aromatic N) is 1. The van der Waals surface area contributed by atoms with Crippen molar-refractivity contribution in [2.45, 2.75) is 93.0 Å². The average Bonchev–Trinajstić information content (AvgIpc) is 2.80. The highest BCUT2D eigenvalue weighted by Crippen LogP contribution is 2.27. The van der Waals surface area contributed by atoms with Crippen LogP contribution in [-0.4, -0.2) is 24.0 Å². The van der Waals surface area contributed by atoms with Crippen LogP contribution in [0.5, 0.6) is 0 Å². The standard InChI is InChI=1S/C13H27N.2C2H6/c1-4-6-7-8-9-13-12(3)10-11-14(13)5-2;2*1-2/h12-13H,4-11H2,1-3H3;2*1-2H3. The summed E-state index contributed by atoms with van der Waals surface area (Å²) < 4.78 is 0. The summed E-state index contributed by atoms with van der Waals surface area (Å²) in [4.78, 5) is 2.68. The second-order valence-electron chi connectivity index (χ2n) is 4.81. The third-order valence-corrected chi connectivity index (χ3v) is 3.76. The van der Waals surface area contributed by atoms with Crippen molar-refractivity contribution < 1.29 is 0 Å². The summed E-state index contributed by atoms with van der Waals surface area (Å²) >= 11 is 0. The lowest BCUT2D eigenvalue weighted by Gasteiger charge is -2.25. The average molecular weight is 258 g/mol. The van der Waals surface area contributed by atoms with Crippen molar-refractivity contribution in [3.63, 3.8) is 0 Å². The van der Waals surface area contributed by atoms with Crippen LogP contribution in [0.25, 0.3) is 0 Å². The highest BCUT2D eigenvalue weighted by Gasteiger charge is 2.28. The summed E-state index contributed by atoms with van der Waals surface area (Å²) in [6, 6.07) is 0.900. The fourth-order valence-electron chi connectivity index (χ4n) is 2.73. The van der Waals surface area contributed by atoms with Crippen LogP contribution in [0.2, 0.25) is 0 Å². The molecule has 1 heteroatoms. The van der Waals surface area contributed by atoms with Gasteiger partial charge in [-0.25, -0.2) is 0 Å². The Bertz CT molecular complexity index is 145. The Morgan fingerprint density at radius 1 is 0.944 bits per heavy atom. The summed E-state index contributed by atoms with van der Waals surface area (Å²) in [6.45, 7) is 17.6. The van der Waals surface area contributed by atoms with Gasteiger partial charge in [-0.15, -0.1) is 0 Å². The zero-order valence-electron chi connectivity index (χ0n) is 14.3. The molecule has 0 spiro atoms. The molecule has 0 aromatic carbocycles. The summed E-state index contributed by atoms with van der Waals surface area (Å²) in [6.07, 6.45) is 8.53. The molecule has 112 valence electrons. The molecule has 0 aromatic rings. The molecule has 0 N–H and O–H groups in total. The molecular weight excluding hydrogens is 218 g/mol. The zero-order chi connectivity index (χ0) is 14.4. The fourth-order valence-corrected chi connectivity index (χ4v) is 2.73. The van der Waals surface area contributed by atoms with Crippen molar-refractivity contribution in [2.24, 2.45) is 5.92 Å². The predicted molar refractivity (Wildman–Crippen MR) is 86.3 cm³/mol. The molecule has 1 heterocycles. The predicted octanol–water partition coefficient (Wildman–Crippen LogP) is 5.74. The Hall–Kier alpha value is -0.0400. The zero-order valence-corrected chi connectivity index (χ0v) is 14.3. The maximum atomic E-state index is 2.68. The van der Waals surface area contributed by atoms with Crippen molar-refractivity contribution >= 4 is 0 Å². The van der Waals surface area contributed by atoms with E-state index in [2.05, 4.69) is 25.7 Å². The summed E-state index contributed by atoms with van der Waals surface area (Å²) in [7, 11) is 0. The normalized spacial score (nSPS) is 22.8. The minimum absolute atomic E-state index is 0.900. The SMILES string of the molecule is CC.CC.CCCCCCC1C(C)CCN1CC. The van der Waals surface area contributed by atoms with E-state index in [0.29, 0.717) is 0 Å². The molecule has 0 radical (unpaired) electrons. The number of unbranched alkanes of at least 4 members (excludes halogenated alkanes) is 3. The van der Waals surface area contributed by atoms with Crippen molar-refractivity contribution in [2.75, 3.05) is 13.1 Å². The second-order valence-corrected chi connectivity index (χ2v) is 4.81. The van der Waals surface area contributed by atoms with Gasteiger partial charge in [-0.1, -0.05) is 74.1 Å². The van der Waals surface area contributed by atoms with E-state index in [-0.39, 0.29) is 0 Å². The van der Waals surface area contributed by atoms with E-state index in [1.165, 1.54) is 51.6 Å². The van der Waals surface area contributed by atoms with Gasteiger partial charge in [0.15, 0.2) is 0 Å². The van der Waals surface area contributed by atoms with Crippen molar-refractivity contribution in [1.82, 2.24) is 4.90 Å². The minimum Gasteiger partial charge on any atom is -0.300 e. The molecule has 1 nitrogen and oxygen atoms in total. The van der Waals surface area contributed by atoms with Crippen LogP contribution in [0.4, 0.5) is 0 Å². The summed E-state index contributed by atoms with van der Waals surface area (Å²) in [5.41, 5.74) is 0. The molecule has 1 aliphatic heterocycles. The lowest BCUT2D eigenvalue weighted by atomic mass is 9.97. The molecule has 0 saturated carbocycles. The van der Waals surface area contributed by atoms with Gasteiger partial charge in [-0.2, -0.15) is 0 Å². The van der Waals surface area contributed by atoms with Gasteiger partial charge >= 0.3 is 0 Å². The van der Waals surface area contributed by atoms with Crippen LogP contribution < -0.4 is 0 Å². The van der Waals surface area contributed by atoms with E-state index in [0.717, 1.165) is 12.0 Å².